The maximum atomic E-state index is 5.49. The van der Waals surface area contributed by atoms with Crippen molar-refractivity contribution in [1.29, 1.82) is 0 Å². The van der Waals surface area contributed by atoms with Gasteiger partial charge in [0, 0.05) is 0 Å². The van der Waals surface area contributed by atoms with E-state index in [0.717, 1.165) is 25.9 Å². The van der Waals surface area contributed by atoms with Gasteiger partial charge in [-0.25, -0.2) is 9.78 Å². The Kier molecular flexibility index (Phi) is 12.9. The van der Waals surface area contributed by atoms with Crippen molar-refractivity contribution in [2.75, 3.05) is 6.61 Å². The average molecular weight is 230 g/mol. The van der Waals surface area contributed by atoms with Crippen molar-refractivity contribution in [3.8, 4) is 0 Å². The number of rotatable bonds is 12. The molecule has 2 nitrogen and oxygen atoms in total. The van der Waals surface area contributed by atoms with E-state index >= 15 is 0 Å². The second kappa shape index (κ2) is 13.0. The standard InChI is InChI=1S/C14H30O2/c1-4-7-10-12-14(11-8-5-2)16-15-13-9-6-3/h14H,4-13H2,1-3H3. The lowest BCUT2D eigenvalue weighted by molar-refractivity contribution is -0.326. The van der Waals surface area contributed by atoms with Crippen molar-refractivity contribution in [2.45, 2.75) is 84.7 Å². The van der Waals surface area contributed by atoms with Crippen LogP contribution in [0.2, 0.25) is 0 Å². The largest absolute Gasteiger partial charge is 0.236 e. The molecule has 0 aliphatic rings. The Morgan fingerprint density at radius 1 is 0.750 bits per heavy atom. The molecular weight excluding hydrogens is 200 g/mol. The first-order valence-corrected chi connectivity index (χ1v) is 7.13. The highest BCUT2D eigenvalue weighted by atomic mass is 17.2. The zero-order chi connectivity index (χ0) is 12.1. The Morgan fingerprint density at radius 2 is 1.38 bits per heavy atom. The first-order valence-electron chi connectivity index (χ1n) is 7.13. The van der Waals surface area contributed by atoms with E-state index in [1.807, 2.05) is 0 Å². The third-order valence-corrected chi connectivity index (χ3v) is 2.79. The predicted octanol–water partition coefficient (Wildman–Crippen LogP) is 4.87. The van der Waals surface area contributed by atoms with Crippen LogP contribution in [-0.4, -0.2) is 12.7 Å². The zero-order valence-corrected chi connectivity index (χ0v) is 11.5. The van der Waals surface area contributed by atoms with Crippen LogP contribution in [0.1, 0.15) is 78.6 Å². The molecule has 0 bridgehead atoms. The van der Waals surface area contributed by atoms with E-state index < -0.39 is 0 Å². The third kappa shape index (κ3) is 10.4. The fraction of sp³-hybridized carbons (Fsp3) is 1.00. The Hall–Kier alpha value is -0.0800. The molecule has 1 unspecified atom stereocenters. The van der Waals surface area contributed by atoms with Gasteiger partial charge in [0.15, 0.2) is 0 Å². The topological polar surface area (TPSA) is 18.5 Å². The summed E-state index contributed by atoms with van der Waals surface area (Å²) < 4.78 is 0. The summed E-state index contributed by atoms with van der Waals surface area (Å²) in [4.78, 5) is 10.8. The maximum absolute atomic E-state index is 5.49. The number of hydrogen-bond acceptors (Lipinski definition) is 2. The van der Waals surface area contributed by atoms with Gasteiger partial charge in [-0.3, -0.25) is 0 Å². The van der Waals surface area contributed by atoms with E-state index in [4.69, 9.17) is 9.78 Å². The molecule has 16 heavy (non-hydrogen) atoms. The van der Waals surface area contributed by atoms with Crippen LogP contribution in [0, 0.1) is 0 Å². The van der Waals surface area contributed by atoms with Crippen molar-refractivity contribution in [3.05, 3.63) is 0 Å². The second-order valence-electron chi connectivity index (χ2n) is 4.53. The molecule has 0 saturated heterocycles. The van der Waals surface area contributed by atoms with Gasteiger partial charge >= 0.3 is 0 Å². The summed E-state index contributed by atoms with van der Waals surface area (Å²) in [6, 6.07) is 0. The minimum atomic E-state index is 0.323. The Bertz CT molecular complexity index is 126. The van der Waals surface area contributed by atoms with Gasteiger partial charge in [-0.05, 0) is 19.3 Å². The van der Waals surface area contributed by atoms with Gasteiger partial charge in [0.2, 0.25) is 0 Å². The van der Waals surface area contributed by atoms with Crippen LogP contribution in [0.15, 0.2) is 0 Å². The van der Waals surface area contributed by atoms with Crippen molar-refractivity contribution in [2.24, 2.45) is 0 Å². The molecule has 0 aromatic carbocycles. The van der Waals surface area contributed by atoms with E-state index in [9.17, 15) is 0 Å². The highest BCUT2D eigenvalue weighted by Gasteiger charge is 2.09. The lowest BCUT2D eigenvalue weighted by Crippen LogP contribution is -2.14. The van der Waals surface area contributed by atoms with Gasteiger partial charge in [-0.2, -0.15) is 0 Å². The van der Waals surface area contributed by atoms with Crippen LogP contribution in [0.3, 0.4) is 0 Å². The van der Waals surface area contributed by atoms with Crippen LogP contribution in [0.4, 0.5) is 0 Å². The van der Waals surface area contributed by atoms with Crippen LogP contribution in [0.5, 0.6) is 0 Å². The van der Waals surface area contributed by atoms with E-state index in [1.54, 1.807) is 0 Å². The smallest absolute Gasteiger partial charge is 0.0930 e. The summed E-state index contributed by atoms with van der Waals surface area (Å²) in [5, 5.41) is 0. The van der Waals surface area contributed by atoms with Gasteiger partial charge in [0.05, 0.1) is 12.7 Å². The normalized spacial score (nSPS) is 12.9. The molecule has 0 aliphatic heterocycles. The summed E-state index contributed by atoms with van der Waals surface area (Å²) in [6.45, 7) is 7.37. The Labute approximate surface area is 102 Å². The second-order valence-corrected chi connectivity index (χ2v) is 4.53. The predicted molar refractivity (Wildman–Crippen MR) is 69.4 cm³/mol. The van der Waals surface area contributed by atoms with Gasteiger partial charge < -0.3 is 0 Å². The highest BCUT2D eigenvalue weighted by Crippen LogP contribution is 2.13. The van der Waals surface area contributed by atoms with Gasteiger partial charge in [0.25, 0.3) is 0 Å². The number of unbranched alkanes of at least 4 members (excludes halogenated alkanes) is 4. The summed E-state index contributed by atoms with van der Waals surface area (Å²) in [7, 11) is 0. The van der Waals surface area contributed by atoms with Gasteiger partial charge in [-0.1, -0.05) is 59.3 Å². The van der Waals surface area contributed by atoms with Crippen molar-refractivity contribution < 1.29 is 9.78 Å². The van der Waals surface area contributed by atoms with Gasteiger partial charge in [0.1, 0.15) is 0 Å². The lowest BCUT2D eigenvalue weighted by Gasteiger charge is -2.16. The first-order chi connectivity index (χ1) is 7.85. The Morgan fingerprint density at radius 3 is 2.00 bits per heavy atom. The molecule has 0 N–H and O–H groups in total. The van der Waals surface area contributed by atoms with E-state index in [1.165, 1.54) is 38.5 Å². The first kappa shape index (κ1) is 15.9. The molecule has 0 heterocycles. The minimum absolute atomic E-state index is 0.323. The fourth-order valence-electron chi connectivity index (χ4n) is 1.64. The van der Waals surface area contributed by atoms with Crippen LogP contribution in [-0.2, 0) is 9.78 Å². The van der Waals surface area contributed by atoms with Gasteiger partial charge in [-0.15, -0.1) is 0 Å². The number of hydrogen-bond donors (Lipinski definition) is 0. The maximum Gasteiger partial charge on any atom is 0.0930 e. The molecule has 1 atom stereocenters. The summed E-state index contributed by atoms with van der Waals surface area (Å²) in [6.07, 6.45) is 11.2. The molecule has 0 amide bonds. The van der Waals surface area contributed by atoms with E-state index in [0.29, 0.717) is 6.10 Å². The zero-order valence-electron chi connectivity index (χ0n) is 11.5. The molecule has 0 spiro atoms. The molecule has 0 aromatic rings. The van der Waals surface area contributed by atoms with Crippen molar-refractivity contribution in [3.63, 3.8) is 0 Å². The molecular formula is C14H30O2. The molecule has 0 fully saturated rings. The molecule has 0 aliphatic carbocycles. The van der Waals surface area contributed by atoms with E-state index in [2.05, 4.69) is 20.8 Å². The Balaban J connectivity index is 3.54. The minimum Gasteiger partial charge on any atom is -0.236 e. The molecule has 0 rings (SSSR count). The SMILES string of the molecule is CCCCCC(CCCC)OOCCCC. The lowest BCUT2D eigenvalue weighted by atomic mass is 10.1. The highest BCUT2D eigenvalue weighted by molar-refractivity contribution is 4.56. The van der Waals surface area contributed by atoms with E-state index in [-0.39, 0.29) is 0 Å². The van der Waals surface area contributed by atoms with Crippen LogP contribution < -0.4 is 0 Å². The molecule has 0 aromatic heterocycles. The third-order valence-electron chi connectivity index (χ3n) is 2.79. The van der Waals surface area contributed by atoms with Crippen LogP contribution in [0.25, 0.3) is 0 Å². The quantitative estimate of drug-likeness (QED) is 0.270. The van der Waals surface area contributed by atoms with Crippen molar-refractivity contribution >= 4 is 0 Å². The monoisotopic (exact) mass is 230 g/mol. The molecule has 2 heteroatoms. The fourth-order valence-corrected chi connectivity index (χ4v) is 1.64. The molecule has 0 radical (unpaired) electrons. The summed E-state index contributed by atoms with van der Waals surface area (Å²) in [5.74, 6) is 0. The van der Waals surface area contributed by atoms with Crippen LogP contribution >= 0.6 is 0 Å². The summed E-state index contributed by atoms with van der Waals surface area (Å²) >= 11 is 0. The molecule has 0 saturated carbocycles. The summed E-state index contributed by atoms with van der Waals surface area (Å²) in [5.41, 5.74) is 0. The van der Waals surface area contributed by atoms with Crippen molar-refractivity contribution in [1.82, 2.24) is 0 Å². The molecule has 98 valence electrons. The average Bonchev–Trinajstić information content (AvgIpc) is 2.31.